The molecule has 5 heterocycles. The van der Waals surface area contributed by atoms with Gasteiger partial charge >= 0.3 is 0 Å². The molecule has 2 aliphatic heterocycles. The second-order valence-corrected chi connectivity index (χ2v) is 16.4. The van der Waals surface area contributed by atoms with Crippen LogP contribution < -0.4 is 0 Å². The number of nitrogens with zero attached hydrogens (tertiary/aromatic N) is 2. The van der Waals surface area contributed by atoms with Gasteiger partial charge in [-0.3, -0.25) is 4.57 Å². The zero-order valence-electron chi connectivity index (χ0n) is 28.3. The Bertz CT molecular complexity index is 3230. The van der Waals surface area contributed by atoms with Gasteiger partial charge in [-0.25, -0.2) is 4.99 Å². The first-order valence-corrected chi connectivity index (χ1v) is 19.6. The monoisotopic (exact) mass is 702 g/mol. The SMILES string of the molecule is C[C@H]1CC2C(=C(c3ccc4oc5ccccc5c4c3)N=C1n1c3ccccc3c3c4ccccc4c4c5ccccc5sc4c31)Sc1ccccc12. The lowest BCUT2D eigenvalue weighted by Gasteiger charge is -2.20. The maximum absolute atomic E-state index is 6.29. The molecule has 0 aliphatic carbocycles. The van der Waals surface area contributed by atoms with Crippen molar-refractivity contribution >= 4 is 109 Å². The maximum Gasteiger partial charge on any atom is 0.135 e. The Labute approximate surface area is 307 Å². The number of hydrogen-bond donors (Lipinski definition) is 0. The van der Waals surface area contributed by atoms with Crippen LogP contribution in [0.15, 0.2) is 159 Å². The van der Waals surface area contributed by atoms with Crippen molar-refractivity contribution in [2.75, 3.05) is 0 Å². The Morgan fingerprint density at radius 1 is 0.654 bits per heavy atom. The molecule has 0 N–H and O–H groups in total. The second kappa shape index (κ2) is 10.7. The average molecular weight is 703 g/mol. The van der Waals surface area contributed by atoms with Gasteiger partial charge in [0.05, 0.1) is 21.4 Å². The summed E-state index contributed by atoms with van der Waals surface area (Å²) >= 11 is 3.82. The van der Waals surface area contributed by atoms with E-state index in [2.05, 4.69) is 145 Å². The number of aliphatic imine (C=N–C) groups is 1. The third-order valence-corrected chi connectivity index (χ3v) is 13.8. The van der Waals surface area contributed by atoms with Gasteiger partial charge < -0.3 is 4.42 Å². The van der Waals surface area contributed by atoms with E-state index in [0.717, 1.165) is 45.5 Å². The largest absolute Gasteiger partial charge is 0.456 e. The van der Waals surface area contributed by atoms with E-state index in [9.17, 15) is 0 Å². The molecule has 2 aliphatic rings. The lowest BCUT2D eigenvalue weighted by atomic mass is 9.88. The third kappa shape index (κ3) is 3.90. The molecule has 0 radical (unpaired) electrons. The molecule has 52 heavy (non-hydrogen) atoms. The zero-order valence-corrected chi connectivity index (χ0v) is 29.9. The lowest BCUT2D eigenvalue weighted by molar-refractivity contribution is 0.620. The smallest absolute Gasteiger partial charge is 0.135 e. The molecule has 2 atom stereocenters. The van der Waals surface area contributed by atoms with E-state index in [1.807, 2.05) is 29.2 Å². The van der Waals surface area contributed by atoms with Crippen molar-refractivity contribution in [2.45, 2.75) is 24.2 Å². The Balaban J connectivity index is 1.22. The van der Waals surface area contributed by atoms with Gasteiger partial charge in [0.2, 0.25) is 0 Å². The standard InChI is InChI=1S/C47H30N2OS2/c1-26-24-35-29-13-6-10-20-39(29)51-45(35)43(27-22-23-38-34(25-27)28-12-5-9-19-37(28)50-38)48-47(26)49-36-18-8-4-16-32(36)41-30-14-2-3-15-31(30)42-33-17-7-11-21-40(33)52-46(42)44(41)49/h2-23,25-26,35H,24H2,1H3/t26-,35?/m0/s1. The Morgan fingerprint density at radius 2 is 1.35 bits per heavy atom. The van der Waals surface area contributed by atoms with Crippen LogP contribution >= 0.6 is 23.1 Å². The number of fused-ring (bicyclic) bond motifs is 16. The number of aromatic nitrogens is 1. The van der Waals surface area contributed by atoms with Gasteiger partial charge in [-0.15, -0.1) is 11.3 Å². The first-order valence-electron chi connectivity index (χ1n) is 18.0. The summed E-state index contributed by atoms with van der Waals surface area (Å²) in [5.74, 6) is 1.55. The molecular formula is C47H30N2OS2. The van der Waals surface area contributed by atoms with Crippen LogP contribution in [-0.2, 0) is 0 Å². The molecule has 5 heteroatoms. The molecule has 0 bridgehead atoms. The van der Waals surface area contributed by atoms with Crippen LogP contribution in [0.25, 0.3) is 80.4 Å². The predicted molar refractivity (Wildman–Crippen MR) is 222 cm³/mol. The zero-order chi connectivity index (χ0) is 34.1. The topological polar surface area (TPSA) is 30.4 Å². The van der Waals surface area contributed by atoms with E-state index in [4.69, 9.17) is 9.41 Å². The van der Waals surface area contributed by atoms with Gasteiger partial charge in [0, 0.05) is 64.2 Å². The number of rotatable bonds is 1. The van der Waals surface area contributed by atoms with Gasteiger partial charge in [0.15, 0.2) is 0 Å². The number of benzene rings is 7. The molecule has 0 spiro atoms. The van der Waals surface area contributed by atoms with Crippen LogP contribution in [0.2, 0.25) is 0 Å². The quantitative estimate of drug-likeness (QED) is 0.170. The minimum atomic E-state index is 0.178. The molecule has 10 aromatic rings. The molecular weight excluding hydrogens is 673 g/mol. The number of furan rings is 1. The highest BCUT2D eigenvalue weighted by Gasteiger charge is 2.37. The summed E-state index contributed by atoms with van der Waals surface area (Å²) in [5.41, 5.74) is 7.90. The number of para-hydroxylation sites is 2. The second-order valence-electron chi connectivity index (χ2n) is 14.2. The highest BCUT2D eigenvalue weighted by atomic mass is 32.2. The summed E-state index contributed by atoms with van der Waals surface area (Å²) in [6, 6.07) is 50.8. The van der Waals surface area contributed by atoms with E-state index in [1.165, 1.54) is 68.1 Å². The maximum atomic E-state index is 6.29. The minimum Gasteiger partial charge on any atom is -0.456 e. The van der Waals surface area contributed by atoms with E-state index in [1.54, 1.807) is 0 Å². The third-order valence-electron chi connectivity index (χ3n) is 11.4. The van der Waals surface area contributed by atoms with Gasteiger partial charge in [-0.1, -0.05) is 116 Å². The van der Waals surface area contributed by atoms with Gasteiger partial charge in [-0.05, 0) is 65.2 Å². The Morgan fingerprint density at radius 3 is 2.23 bits per heavy atom. The van der Waals surface area contributed by atoms with Crippen LogP contribution in [0.1, 0.15) is 30.4 Å². The highest BCUT2D eigenvalue weighted by Crippen LogP contribution is 2.56. The first kappa shape index (κ1) is 29.0. The van der Waals surface area contributed by atoms with E-state index >= 15 is 0 Å². The molecule has 3 nitrogen and oxygen atoms in total. The van der Waals surface area contributed by atoms with Gasteiger partial charge in [0.1, 0.15) is 17.0 Å². The fraction of sp³-hybridized carbons (Fsp3) is 0.0851. The molecule has 0 amide bonds. The van der Waals surface area contributed by atoms with Crippen molar-refractivity contribution < 1.29 is 4.42 Å². The fourth-order valence-corrected chi connectivity index (χ4v) is 11.7. The molecule has 246 valence electrons. The van der Waals surface area contributed by atoms with E-state index in [0.29, 0.717) is 0 Å². The summed E-state index contributed by atoms with van der Waals surface area (Å²) in [6.07, 6.45) is 0.982. The van der Waals surface area contributed by atoms with Crippen LogP contribution in [0.4, 0.5) is 0 Å². The van der Waals surface area contributed by atoms with Crippen molar-refractivity contribution in [3.05, 3.63) is 156 Å². The van der Waals surface area contributed by atoms with Gasteiger partial charge in [-0.2, -0.15) is 0 Å². The first-order chi connectivity index (χ1) is 25.7. The Kier molecular flexibility index (Phi) is 5.97. The van der Waals surface area contributed by atoms with Crippen molar-refractivity contribution in [3.8, 4) is 0 Å². The van der Waals surface area contributed by atoms with Crippen LogP contribution in [0.5, 0.6) is 0 Å². The number of hydrogen-bond acceptors (Lipinski definition) is 4. The molecule has 12 rings (SSSR count). The summed E-state index contributed by atoms with van der Waals surface area (Å²) in [7, 11) is 0. The summed E-state index contributed by atoms with van der Waals surface area (Å²) in [6.45, 7) is 2.39. The molecule has 7 aromatic carbocycles. The molecule has 3 aromatic heterocycles. The van der Waals surface area contributed by atoms with Gasteiger partial charge in [0.25, 0.3) is 0 Å². The van der Waals surface area contributed by atoms with Crippen LogP contribution in [0.3, 0.4) is 0 Å². The lowest BCUT2D eigenvalue weighted by Crippen LogP contribution is -2.21. The minimum absolute atomic E-state index is 0.178. The van der Waals surface area contributed by atoms with Crippen molar-refractivity contribution in [1.82, 2.24) is 4.57 Å². The number of thiophene rings is 1. The molecule has 0 saturated carbocycles. The van der Waals surface area contributed by atoms with Crippen molar-refractivity contribution in [3.63, 3.8) is 0 Å². The molecule has 0 fully saturated rings. The predicted octanol–water partition coefficient (Wildman–Crippen LogP) is 13.8. The number of allylic oxidation sites excluding steroid dienone is 1. The van der Waals surface area contributed by atoms with Crippen LogP contribution in [-0.4, -0.2) is 10.4 Å². The van der Waals surface area contributed by atoms with Crippen molar-refractivity contribution in [2.24, 2.45) is 10.9 Å². The Hall–Kier alpha value is -5.62. The summed E-state index contributed by atoms with van der Waals surface area (Å²) < 4.78 is 11.5. The van der Waals surface area contributed by atoms with Crippen LogP contribution in [0, 0.1) is 5.92 Å². The van der Waals surface area contributed by atoms with E-state index in [-0.39, 0.29) is 11.8 Å². The fourth-order valence-electron chi connectivity index (χ4n) is 9.09. The highest BCUT2D eigenvalue weighted by molar-refractivity contribution is 8.03. The molecule has 1 unspecified atom stereocenters. The summed E-state index contributed by atoms with van der Waals surface area (Å²) in [5, 5.41) is 10.1. The average Bonchev–Trinajstić information content (AvgIpc) is 3.93. The summed E-state index contributed by atoms with van der Waals surface area (Å²) in [4.78, 5) is 8.60. The molecule has 0 saturated heterocycles. The normalized spacial score (nSPS) is 17.6. The number of thioether (sulfide) groups is 1. The van der Waals surface area contributed by atoms with E-state index < -0.39 is 0 Å². The van der Waals surface area contributed by atoms with Crippen molar-refractivity contribution in [1.29, 1.82) is 0 Å².